The lowest BCUT2D eigenvalue weighted by molar-refractivity contribution is 0.0981. The van der Waals surface area contributed by atoms with Gasteiger partial charge in [0.1, 0.15) is 0 Å². The van der Waals surface area contributed by atoms with E-state index in [9.17, 15) is 0 Å². The molecule has 0 amide bonds. The van der Waals surface area contributed by atoms with Gasteiger partial charge in [-0.2, -0.15) is 0 Å². The number of nitrogens with one attached hydrogen (secondary N) is 1. The number of fused-ring (bicyclic) bond motifs is 1. The Hall–Kier alpha value is -0.380. The maximum atomic E-state index is 3.57. The minimum Gasteiger partial charge on any atom is -0.317 e. The van der Waals surface area contributed by atoms with E-state index in [1.165, 1.54) is 45.3 Å². The van der Waals surface area contributed by atoms with Gasteiger partial charge in [-0.05, 0) is 61.1 Å². The molecule has 0 saturated heterocycles. The van der Waals surface area contributed by atoms with E-state index in [2.05, 4.69) is 42.6 Å². The first-order valence-corrected chi connectivity index (χ1v) is 8.90. The van der Waals surface area contributed by atoms with Gasteiger partial charge in [-0.25, -0.2) is 0 Å². The van der Waals surface area contributed by atoms with Gasteiger partial charge in [0, 0.05) is 30.6 Å². The molecular weight excluding hydrogens is 264 g/mol. The summed E-state index contributed by atoms with van der Waals surface area (Å²) in [6.45, 7) is 8.58. The fraction of sp³-hybridized carbons (Fsp3) is 0.765. The average molecular weight is 292 g/mol. The first-order valence-electron chi connectivity index (χ1n) is 8.02. The molecule has 2 atom stereocenters. The Kier molecular flexibility index (Phi) is 4.21. The lowest BCUT2D eigenvalue weighted by Gasteiger charge is -2.43. The van der Waals surface area contributed by atoms with E-state index in [0.29, 0.717) is 11.5 Å². The molecule has 1 N–H and O–H groups in total. The summed E-state index contributed by atoms with van der Waals surface area (Å²) < 4.78 is 0. The predicted octanol–water partition coefficient (Wildman–Crippen LogP) is 3.52. The van der Waals surface area contributed by atoms with Gasteiger partial charge in [-0.3, -0.25) is 4.90 Å². The summed E-state index contributed by atoms with van der Waals surface area (Å²) in [6.07, 6.45) is 5.33. The van der Waals surface area contributed by atoms with E-state index < -0.39 is 0 Å². The summed E-state index contributed by atoms with van der Waals surface area (Å²) in [6, 6.07) is 3.04. The molecule has 0 bridgehead atoms. The highest BCUT2D eigenvalue weighted by Gasteiger charge is 2.35. The summed E-state index contributed by atoms with van der Waals surface area (Å²) >= 11 is 1.94. The van der Waals surface area contributed by atoms with Crippen molar-refractivity contribution >= 4 is 11.3 Å². The Morgan fingerprint density at radius 3 is 3.10 bits per heavy atom. The van der Waals surface area contributed by atoms with Gasteiger partial charge in [0.15, 0.2) is 0 Å². The molecule has 0 aromatic carbocycles. The molecular formula is C17H28N2S. The Labute approximate surface area is 127 Å². The van der Waals surface area contributed by atoms with Crippen LogP contribution < -0.4 is 5.32 Å². The lowest BCUT2D eigenvalue weighted by Crippen LogP contribution is -2.47. The molecule has 1 aliphatic carbocycles. The molecule has 1 aromatic heterocycles. The molecule has 2 unspecified atom stereocenters. The van der Waals surface area contributed by atoms with Crippen molar-refractivity contribution in [1.82, 2.24) is 10.2 Å². The van der Waals surface area contributed by atoms with E-state index >= 15 is 0 Å². The van der Waals surface area contributed by atoms with Crippen molar-refractivity contribution in [1.29, 1.82) is 0 Å². The molecule has 1 aromatic rings. The first-order chi connectivity index (χ1) is 9.57. The second kappa shape index (κ2) is 5.78. The van der Waals surface area contributed by atoms with Crippen molar-refractivity contribution in [3.05, 3.63) is 21.9 Å². The van der Waals surface area contributed by atoms with Crippen LogP contribution in [-0.2, 0) is 13.0 Å². The van der Waals surface area contributed by atoms with Gasteiger partial charge in [-0.15, -0.1) is 11.3 Å². The van der Waals surface area contributed by atoms with E-state index in [1.54, 1.807) is 10.4 Å². The van der Waals surface area contributed by atoms with Crippen molar-refractivity contribution in [3.8, 4) is 0 Å². The van der Waals surface area contributed by atoms with Crippen molar-refractivity contribution in [2.75, 3.05) is 20.1 Å². The van der Waals surface area contributed by atoms with Crippen molar-refractivity contribution in [2.45, 2.75) is 52.1 Å². The van der Waals surface area contributed by atoms with E-state index in [0.717, 1.165) is 5.92 Å². The monoisotopic (exact) mass is 292 g/mol. The highest BCUT2D eigenvalue weighted by Crippen LogP contribution is 2.39. The second-order valence-electron chi connectivity index (χ2n) is 7.42. The molecule has 3 heteroatoms. The van der Waals surface area contributed by atoms with Gasteiger partial charge < -0.3 is 5.32 Å². The third kappa shape index (κ3) is 3.10. The summed E-state index contributed by atoms with van der Waals surface area (Å²) in [5.74, 6) is 0.809. The first kappa shape index (κ1) is 14.6. The Morgan fingerprint density at radius 1 is 1.45 bits per heavy atom. The van der Waals surface area contributed by atoms with Crippen molar-refractivity contribution < 1.29 is 0 Å². The fourth-order valence-electron chi connectivity index (χ4n) is 4.10. The summed E-state index contributed by atoms with van der Waals surface area (Å²) in [4.78, 5) is 4.31. The molecule has 1 aliphatic heterocycles. The topological polar surface area (TPSA) is 15.3 Å². The molecule has 0 spiro atoms. The van der Waals surface area contributed by atoms with Crippen LogP contribution in [0, 0.1) is 11.3 Å². The third-order valence-electron chi connectivity index (χ3n) is 5.27. The highest BCUT2D eigenvalue weighted by atomic mass is 32.1. The summed E-state index contributed by atoms with van der Waals surface area (Å²) in [7, 11) is 2.14. The summed E-state index contributed by atoms with van der Waals surface area (Å²) in [5, 5.41) is 5.83. The second-order valence-corrected chi connectivity index (χ2v) is 8.42. The number of thiophene rings is 1. The average Bonchev–Trinajstić information content (AvgIpc) is 2.85. The van der Waals surface area contributed by atoms with Gasteiger partial charge in [-0.1, -0.05) is 13.8 Å². The molecule has 2 nitrogen and oxygen atoms in total. The standard InChI is InChI=1S/C17H28N2S/c1-17(2)7-4-15(18-3)14(10-17)12-19-8-5-16-13(11-19)6-9-20-16/h6,9,14-15,18H,4-5,7-8,10-12H2,1-3H3. The normalized spacial score (nSPS) is 30.1. The van der Waals surface area contributed by atoms with E-state index in [1.807, 2.05) is 11.3 Å². The SMILES string of the molecule is CNC1CCC(C)(C)CC1CN1CCc2sccc2C1. The molecule has 1 fully saturated rings. The van der Waals surface area contributed by atoms with Crippen LogP contribution in [0.4, 0.5) is 0 Å². The lowest BCUT2D eigenvalue weighted by atomic mass is 9.69. The Bertz CT molecular complexity index is 452. The Balaban J connectivity index is 1.64. The van der Waals surface area contributed by atoms with Gasteiger partial charge in [0.25, 0.3) is 0 Å². The van der Waals surface area contributed by atoms with Crippen LogP contribution in [-0.4, -0.2) is 31.1 Å². The van der Waals surface area contributed by atoms with Crippen LogP contribution in [0.1, 0.15) is 43.6 Å². The van der Waals surface area contributed by atoms with E-state index in [4.69, 9.17) is 0 Å². The van der Waals surface area contributed by atoms with E-state index in [-0.39, 0.29) is 0 Å². The molecule has 2 heterocycles. The zero-order chi connectivity index (χ0) is 14.2. The van der Waals surface area contributed by atoms with Gasteiger partial charge in [0.05, 0.1) is 0 Å². The smallest absolute Gasteiger partial charge is 0.0245 e. The van der Waals surface area contributed by atoms with Gasteiger partial charge >= 0.3 is 0 Å². The van der Waals surface area contributed by atoms with Crippen LogP contribution >= 0.6 is 11.3 Å². The quantitative estimate of drug-likeness (QED) is 0.917. The molecule has 1 saturated carbocycles. The number of hydrogen-bond donors (Lipinski definition) is 1. The highest BCUT2D eigenvalue weighted by molar-refractivity contribution is 7.10. The van der Waals surface area contributed by atoms with Crippen LogP contribution in [0.2, 0.25) is 0 Å². The van der Waals surface area contributed by atoms with Crippen LogP contribution in [0.15, 0.2) is 11.4 Å². The number of rotatable bonds is 3. The Morgan fingerprint density at radius 2 is 2.30 bits per heavy atom. The number of hydrogen-bond acceptors (Lipinski definition) is 3. The minimum absolute atomic E-state index is 0.529. The molecule has 3 rings (SSSR count). The van der Waals surface area contributed by atoms with Crippen LogP contribution in [0.3, 0.4) is 0 Å². The summed E-state index contributed by atoms with van der Waals surface area (Å²) in [5.41, 5.74) is 2.11. The maximum absolute atomic E-state index is 3.57. The largest absolute Gasteiger partial charge is 0.317 e. The van der Waals surface area contributed by atoms with Crippen molar-refractivity contribution in [2.24, 2.45) is 11.3 Å². The molecule has 2 aliphatic rings. The zero-order valence-corrected chi connectivity index (χ0v) is 13.9. The van der Waals surface area contributed by atoms with Crippen LogP contribution in [0.25, 0.3) is 0 Å². The van der Waals surface area contributed by atoms with Crippen molar-refractivity contribution in [3.63, 3.8) is 0 Å². The predicted molar refractivity (Wildman–Crippen MR) is 87.3 cm³/mol. The third-order valence-corrected chi connectivity index (χ3v) is 6.29. The maximum Gasteiger partial charge on any atom is 0.0245 e. The molecule has 20 heavy (non-hydrogen) atoms. The fourth-order valence-corrected chi connectivity index (χ4v) is 4.99. The van der Waals surface area contributed by atoms with Gasteiger partial charge in [0.2, 0.25) is 0 Å². The van der Waals surface area contributed by atoms with Crippen LogP contribution in [0.5, 0.6) is 0 Å². The minimum atomic E-state index is 0.529. The molecule has 0 radical (unpaired) electrons. The zero-order valence-electron chi connectivity index (χ0n) is 13.1. The molecule has 112 valence electrons. The number of nitrogens with zero attached hydrogens (tertiary/aromatic N) is 1.